The molecule has 3 nitrogen and oxygen atoms in total. The van der Waals surface area contributed by atoms with E-state index in [0.29, 0.717) is 11.7 Å². The van der Waals surface area contributed by atoms with Gasteiger partial charge in [-0.25, -0.2) is 8.42 Å². The Labute approximate surface area is 98.9 Å². The summed E-state index contributed by atoms with van der Waals surface area (Å²) in [5, 5.41) is 3.38. The van der Waals surface area contributed by atoms with Gasteiger partial charge in [0.05, 0.1) is 11.0 Å². The van der Waals surface area contributed by atoms with Crippen LogP contribution in [0.4, 0.5) is 0 Å². The van der Waals surface area contributed by atoms with Crippen molar-refractivity contribution < 1.29 is 8.42 Å². The van der Waals surface area contributed by atoms with Gasteiger partial charge in [-0.15, -0.1) is 0 Å². The number of sulfone groups is 1. The Morgan fingerprint density at radius 1 is 1.25 bits per heavy atom. The summed E-state index contributed by atoms with van der Waals surface area (Å²) in [5.74, 6) is 1.04. The van der Waals surface area contributed by atoms with Crippen LogP contribution in [-0.4, -0.2) is 32.0 Å². The fourth-order valence-electron chi connectivity index (χ4n) is 2.75. The smallest absolute Gasteiger partial charge is 0.154 e. The van der Waals surface area contributed by atoms with Gasteiger partial charge < -0.3 is 5.32 Å². The van der Waals surface area contributed by atoms with E-state index in [4.69, 9.17) is 0 Å². The molecule has 0 amide bonds. The molecule has 0 aromatic heterocycles. The van der Waals surface area contributed by atoms with Gasteiger partial charge in [0, 0.05) is 6.04 Å². The summed E-state index contributed by atoms with van der Waals surface area (Å²) < 4.78 is 24.2. The average molecular weight is 245 g/mol. The molecular weight excluding hydrogens is 222 g/mol. The molecule has 2 rings (SSSR count). The minimum atomic E-state index is -2.82. The highest BCUT2D eigenvalue weighted by Gasteiger charge is 2.42. The van der Waals surface area contributed by atoms with Gasteiger partial charge >= 0.3 is 0 Å². The van der Waals surface area contributed by atoms with Crippen LogP contribution in [-0.2, 0) is 9.84 Å². The van der Waals surface area contributed by atoms with E-state index in [1.54, 1.807) is 0 Å². The molecule has 0 spiro atoms. The Bertz CT molecular complexity index is 322. The summed E-state index contributed by atoms with van der Waals surface area (Å²) in [6.07, 6.45) is 6.34. The second-order valence-corrected chi connectivity index (χ2v) is 7.56. The maximum absolute atomic E-state index is 12.1. The van der Waals surface area contributed by atoms with Crippen molar-refractivity contribution in [2.45, 2.75) is 56.7 Å². The van der Waals surface area contributed by atoms with Crippen molar-refractivity contribution in [2.75, 3.05) is 12.3 Å². The molecule has 1 saturated carbocycles. The lowest BCUT2D eigenvalue weighted by atomic mass is 10.0. The average Bonchev–Trinajstić information content (AvgIpc) is 3.04. The van der Waals surface area contributed by atoms with Crippen LogP contribution in [0.5, 0.6) is 0 Å². The molecule has 0 aromatic rings. The zero-order chi connectivity index (χ0) is 11.6. The van der Waals surface area contributed by atoms with Crippen molar-refractivity contribution in [2.24, 2.45) is 5.92 Å². The Hall–Kier alpha value is -0.0900. The minimum Gasteiger partial charge on any atom is -0.312 e. The highest BCUT2D eigenvalue weighted by atomic mass is 32.2. The summed E-state index contributed by atoms with van der Waals surface area (Å²) in [6.45, 7) is 3.08. The van der Waals surface area contributed by atoms with Gasteiger partial charge in [-0.1, -0.05) is 13.3 Å². The second-order valence-electron chi connectivity index (χ2n) is 5.22. The third-order valence-corrected chi connectivity index (χ3v) is 6.10. The molecule has 16 heavy (non-hydrogen) atoms. The molecule has 0 radical (unpaired) electrons. The lowest BCUT2D eigenvalue weighted by molar-refractivity contribution is 0.403. The van der Waals surface area contributed by atoms with Crippen molar-refractivity contribution >= 4 is 9.84 Å². The van der Waals surface area contributed by atoms with Crippen LogP contribution >= 0.6 is 0 Å². The van der Waals surface area contributed by atoms with E-state index >= 15 is 0 Å². The van der Waals surface area contributed by atoms with Crippen LogP contribution in [0.15, 0.2) is 0 Å². The van der Waals surface area contributed by atoms with Crippen LogP contribution in [0.1, 0.15) is 45.4 Å². The molecule has 1 aliphatic carbocycles. The molecule has 1 heterocycles. The molecule has 0 aromatic carbocycles. The zero-order valence-corrected chi connectivity index (χ0v) is 10.9. The summed E-state index contributed by atoms with van der Waals surface area (Å²) in [6, 6.07) is 0.241. The molecule has 2 unspecified atom stereocenters. The van der Waals surface area contributed by atoms with Crippen LogP contribution in [0, 0.1) is 5.92 Å². The van der Waals surface area contributed by atoms with Crippen LogP contribution in [0.25, 0.3) is 0 Å². The van der Waals surface area contributed by atoms with E-state index in [2.05, 4.69) is 12.2 Å². The second kappa shape index (κ2) is 5.05. The SMILES string of the molecule is CCCNC(C1CC1)C1CCCCS1(=O)=O. The molecule has 2 atom stereocenters. The summed E-state index contributed by atoms with van der Waals surface area (Å²) in [4.78, 5) is 0. The maximum atomic E-state index is 12.1. The van der Waals surface area contributed by atoms with Gasteiger partial charge in [0.1, 0.15) is 0 Å². The predicted octanol–water partition coefficient (Wildman–Crippen LogP) is 1.73. The first-order valence-electron chi connectivity index (χ1n) is 6.60. The monoisotopic (exact) mass is 245 g/mol. The van der Waals surface area contributed by atoms with Crippen molar-refractivity contribution in [3.05, 3.63) is 0 Å². The Morgan fingerprint density at radius 2 is 2.00 bits per heavy atom. The van der Waals surface area contributed by atoms with E-state index < -0.39 is 9.84 Å². The molecule has 1 aliphatic heterocycles. The Balaban J connectivity index is 2.05. The van der Waals surface area contributed by atoms with E-state index in [9.17, 15) is 8.42 Å². The standard InChI is InChI=1S/C12H23NO2S/c1-2-8-13-12(10-6-7-10)11-5-3-4-9-16(11,14)15/h10-13H,2-9H2,1H3. The third-order valence-electron chi connectivity index (χ3n) is 3.79. The third kappa shape index (κ3) is 2.77. The van der Waals surface area contributed by atoms with Gasteiger partial charge in [-0.05, 0) is 44.6 Å². The highest BCUT2D eigenvalue weighted by molar-refractivity contribution is 7.92. The van der Waals surface area contributed by atoms with Crippen molar-refractivity contribution in [3.8, 4) is 0 Å². The molecular formula is C12H23NO2S. The quantitative estimate of drug-likeness (QED) is 0.802. The fourth-order valence-corrected chi connectivity index (χ4v) is 4.95. The lowest BCUT2D eigenvalue weighted by Crippen LogP contribution is -2.48. The highest BCUT2D eigenvalue weighted by Crippen LogP contribution is 2.38. The molecule has 4 heteroatoms. The molecule has 2 fully saturated rings. The van der Waals surface area contributed by atoms with Crippen molar-refractivity contribution in [1.29, 1.82) is 0 Å². The van der Waals surface area contributed by atoms with Gasteiger partial charge in [-0.2, -0.15) is 0 Å². The van der Waals surface area contributed by atoms with Crippen molar-refractivity contribution in [1.82, 2.24) is 5.32 Å². The van der Waals surface area contributed by atoms with Gasteiger partial charge in [0.25, 0.3) is 0 Å². The van der Waals surface area contributed by atoms with Gasteiger partial charge in [0.2, 0.25) is 0 Å². The Morgan fingerprint density at radius 3 is 2.56 bits per heavy atom. The molecule has 1 saturated heterocycles. The van der Waals surface area contributed by atoms with E-state index in [-0.39, 0.29) is 11.3 Å². The first-order chi connectivity index (χ1) is 7.65. The molecule has 0 bridgehead atoms. The summed E-state index contributed by atoms with van der Waals surface area (Å²) >= 11 is 0. The Kier molecular flexibility index (Phi) is 3.90. The summed E-state index contributed by atoms with van der Waals surface area (Å²) in [5.41, 5.74) is 0. The largest absolute Gasteiger partial charge is 0.312 e. The fraction of sp³-hybridized carbons (Fsp3) is 1.00. The van der Waals surface area contributed by atoms with E-state index in [1.807, 2.05) is 0 Å². The number of hydrogen-bond acceptors (Lipinski definition) is 3. The van der Waals surface area contributed by atoms with Gasteiger partial charge in [0.15, 0.2) is 9.84 Å². The van der Waals surface area contributed by atoms with Crippen molar-refractivity contribution in [3.63, 3.8) is 0 Å². The molecule has 2 aliphatic rings. The van der Waals surface area contributed by atoms with Crippen LogP contribution < -0.4 is 5.32 Å². The lowest BCUT2D eigenvalue weighted by Gasteiger charge is -2.31. The normalized spacial score (nSPS) is 31.2. The first-order valence-corrected chi connectivity index (χ1v) is 8.31. The minimum absolute atomic E-state index is 0.0969. The van der Waals surface area contributed by atoms with Crippen LogP contribution in [0.2, 0.25) is 0 Å². The zero-order valence-electron chi connectivity index (χ0n) is 10.1. The van der Waals surface area contributed by atoms with E-state index in [0.717, 1.165) is 32.2 Å². The molecule has 1 N–H and O–H groups in total. The van der Waals surface area contributed by atoms with Crippen LogP contribution in [0.3, 0.4) is 0 Å². The van der Waals surface area contributed by atoms with Gasteiger partial charge in [-0.3, -0.25) is 0 Å². The number of nitrogens with one attached hydrogen (secondary N) is 1. The number of rotatable bonds is 5. The predicted molar refractivity (Wildman–Crippen MR) is 66.2 cm³/mol. The first kappa shape index (κ1) is 12.4. The number of hydrogen-bond donors (Lipinski definition) is 1. The maximum Gasteiger partial charge on any atom is 0.154 e. The summed E-state index contributed by atoms with van der Waals surface area (Å²) in [7, 11) is -2.82. The van der Waals surface area contributed by atoms with E-state index in [1.165, 1.54) is 12.8 Å². The molecule has 94 valence electrons. The topological polar surface area (TPSA) is 46.2 Å².